The Bertz CT molecular complexity index is 1190. The molecule has 3 aromatic rings. The standard InChI is InChI=1S/C24H29N5O2S/c1-14-6-8-17(10-15(14)2)27-22-21-18-9-7-16(11-19(18)32-23(21)26-13-25-22)24(31)29(5)12-20(30)28(3)4/h6,8,10,13,16H,7,9,11-12H2,1-5H3,(H,25,26,27). The quantitative estimate of drug-likeness (QED) is 0.640. The van der Waals surface area contributed by atoms with Crippen LogP contribution in [0.25, 0.3) is 10.2 Å². The Balaban J connectivity index is 1.57. The highest BCUT2D eigenvalue weighted by Gasteiger charge is 2.31. The monoisotopic (exact) mass is 451 g/mol. The van der Waals surface area contributed by atoms with Gasteiger partial charge in [0.2, 0.25) is 11.8 Å². The van der Waals surface area contributed by atoms with E-state index in [0.29, 0.717) is 6.42 Å². The van der Waals surface area contributed by atoms with Crippen molar-refractivity contribution in [2.45, 2.75) is 33.1 Å². The lowest BCUT2D eigenvalue weighted by Gasteiger charge is -2.27. The van der Waals surface area contributed by atoms with Crippen molar-refractivity contribution < 1.29 is 9.59 Å². The number of hydrogen-bond acceptors (Lipinski definition) is 6. The molecule has 7 nitrogen and oxygen atoms in total. The summed E-state index contributed by atoms with van der Waals surface area (Å²) >= 11 is 1.64. The minimum Gasteiger partial charge on any atom is -0.347 e. The first-order chi connectivity index (χ1) is 15.2. The maximum absolute atomic E-state index is 13.0. The average molecular weight is 452 g/mol. The second kappa shape index (κ2) is 8.86. The topological polar surface area (TPSA) is 78.4 Å². The van der Waals surface area contributed by atoms with Gasteiger partial charge in [0.1, 0.15) is 17.0 Å². The molecule has 1 N–H and O–H groups in total. The number of hydrogen-bond donors (Lipinski definition) is 1. The second-order valence-corrected chi connectivity index (χ2v) is 9.84. The van der Waals surface area contributed by atoms with E-state index in [1.807, 2.05) is 0 Å². The Labute approximate surface area is 192 Å². The molecular formula is C24H29N5O2S. The van der Waals surface area contributed by atoms with Crippen LogP contribution in [0.1, 0.15) is 28.0 Å². The van der Waals surface area contributed by atoms with Crippen molar-refractivity contribution >= 4 is 44.9 Å². The van der Waals surface area contributed by atoms with E-state index in [9.17, 15) is 9.59 Å². The van der Waals surface area contributed by atoms with Crippen LogP contribution < -0.4 is 5.32 Å². The van der Waals surface area contributed by atoms with Gasteiger partial charge in [0.05, 0.1) is 11.9 Å². The van der Waals surface area contributed by atoms with Crippen LogP contribution in [-0.4, -0.2) is 59.3 Å². The molecule has 0 aliphatic heterocycles. The van der Waals surface area contributed by atoms with Crippen molar-refractivity contribution in [3.63, 3.8) is 0 Å². The van der Waals surface area contributed by atoms with E-state index in [0.717, 1.165) is 34.6 Å². The number of benzene rings is 1. The predicted molar refractivity (Wildman–Crippen MR) is 128 cm³/mol. The fourth-order valence-electron chi connectivity index (χ4n) is 4.11. The molecule has 1 aliphatic carbocycles. The van der Waals surface area contributed by atoms with E-state index >= 15 is 0 Å². The van der Waals surface area contributed by atoms with Crippen LogP contribution in [0.3, 0.4) is 0 Å². The van der Waals surface area contributed by atoms with Gasteiger partial charge in [-0.05, 0) is 61.9 Å². The molecule has 0 radical (unpaired) electrons. The van der Waals surface area contributed by atoms with Gasteiger partial charge in [-0.3, -0.25) is 9.59 Å². The Hall–Kier alpha value is -3.00. The molecule has 4 rings (SSSR count). The van der Waals surface area contributed by atoms with Crippen molar-refractivity contribution in [3.05, 3.63) is 46.1 Å². The lowest BCUT2D eigenvalue weighted by Crippen LogP contribution is -2.41. The number of amides is 2. The summed E-state index contributed by atoms with van der Waals surface area (Å²) in [5.74, 6) is 0.660. The van der Waals surface area contributed by atoms with E-state index in [1.165, 1.54) is 26.5 Å². The smallest absolute Gasteiger partial charge is 0.241 e. The minimum absolute atomic E-state index is 0.0304. The molecule has 2 heterocycles. The van der Waals surface area contributed by atoms with Crippen LogP contribution in [0.5, 0.6) is 0 Å². The number of thiophene rings is 1. The Morgan fingerprint density at radius 3 is 2.66 bits per heavy atom. The van der Waals surface area contributed by atoms with Crippen LogP contribution in [0.2, 0.25) is 0 Å². The average Bonchev–Trinajstić information content (AvgIpc) is 3.14. The number of nitrogens with zero attached hydrogens (tertiary/aromatic N) is 4. The van der Waals surface area contributed by atoms with Gasteiger partial charge in [0.15, 0.2) is 0 Å². The maximum atomic E-state index is 13.0. The minimum atomic E-state index is -0.111. The molecule has 2 amide bonds. The molecule has 0 saturated carbocycles. The number of nitrogens with one attached hydrogen (secondary N) is 1. The number of aromatic nitrogens is 2. The zero-order valence-corrected chi connectivity index (χ0v) is 20.0. The molecule has 0 bridgehead atoms. The lowest BCUT2D eigenvalue weighted by molar-refractivity contribution is -0.140. The molecule has 0 saturated heterocycles. The third kappa shape index (κ3) is 4.32. The molecule has 1 unspecified atom stereocenters. The molecule has 0 spiro atoms. The fraction of sp³-hybridized carbons (Fsp3) is 0.417. The van der Waals surface area contributed by atoms with E-state index in [-0.39, 0.29) is 24.3 Å². The third-order valence-electron chi connectivity index (χ3n) is 6.21. The number of likely N-dealkylation sites (N-methyl/N-ethyl adjacent to an activating group) is 2. The SMILES string of the molecule is Cc1ccc(Nc2ncnc3sc4c(c23)CCC(C(=O)N(C)CC(=O)N(C)C)C4)cc1C. The highest BCUT2D eigenvalue weighted by Crippen LogP contribution is 2.40. The second-order valence-electron chi connectivity index (χ2n) is 8.75. The first-order valence-electron chi connectivity index (χ1n) is 10.8. The number of carbonyl (C=O) groups is 2. The van der Waals surface area contributed by atoms with Crippen molar-refractivity contribution in [3.8, 4) is 0 Å². The summed E-state index contributed by atoms with van der Waals surface area (Å²) in [5.41, 5.74) is 4.73. The summed E-state index contributed by atoms with van der Waals surface area (Å²) in [6.45, 7) is 4.31. The van der Waals surface area contributed by atoms with E-state index < -0.39 is 0 Å². The summed E-state index contributed by atoms with van der Waals surface area (Å²) in [6, 6.07) is 6.29. The normalized spacial score (nSPS) is 15.3. The summed E-state index contributed by atoms with van der Waals surface area (Å²) in [6.07, 6.45) is 3.84. The van der Waals surface area contributed by atoms with Crippen molar-refractivity contribution in [1.82, 2.24) is 19.8 Å². The number of aryl methyl sites for hydroxylation is 3. The highest BCUT2D eigenvalue weighted by atomic mass is 32.1. The third-order valence-corrected chi connectivity index (χ3v) is 7.37. The number of anilines is 2. The summed E-state index contributed by atoms with van der Waals surface area (Å²) in [7, 11) is 5.12. The van der Waals surface area contributed by atoms with Crippen LogP contribution in [0.4, 0.5) is 11.5 Å². The van der Waals surface area contributed by atoms with Crippen LogP contribution >= 0.6 is 11.3 Å². The molecule has 0 fully saturated rings. The molecule has 32 heavy (non-hydrogen) atoms. The molecule has 168 valence electrons. The predicted octanol–water partition coefficient (Wildman–Crippen LogP) is 3.70. The maximum Gasteiger partial charge on any atom is 0.241 e. The zero-order chi connectivity index (χ0) is 23.0. The Morgan fingerprint density at radius 2 is 1.94 bits per heavy atom. The summed E-state index contributed by atoms with van der Waals surface area (Å²) < 4.78 is 0. The number of fused-ring (bicyclic) bond motifs is 3. The zero-order valence-electron chi connectivity index (χ0n) is 19.2. The Kier molecular flexibility index (Phi) is 6.15. The first-order valence-corrected chi connectivity index (χ1v) is 11.6. The molecule has 1 aromatic carbocycles. The lowest BCUT2D eigenvalue weighted by atomic mass is 9.87. The molecular weight excluding hydrogens is 422 g/mol. The molecule has 2 aromatic heterocycles. The van der Waals surface area contributed by atoms with Crippen LogP contribution in [0.15, 0.2) is 24.5 Å². The molecule has 1 aliphatic rings. The number of rotatable bonds is 5. The Morgan fingerprint density at radius 1 is 1.16 bits per heavy atom. The van der Waals surface area contributed by atoms with E-state index in [1.54, 1.807) is 43.7 Å². The van der Waals surface area contributed by atoms with Gasteiger partial charge in [-0.1, -0.05) is 6.07 Å². The van der Waals surface area contributed by atoms with Gasteiger partial charge >= 0.3 is 0 Å². The van der Waals surface area contributed by atoms with Crippen LogP contribution in [-0.2, 0) is 22.4 Å². The van der Waals surface area contributed by atoms with Gasteiger partial charge in [-0.2, -0.15) is 0 Å². The van der Waals surface area contributed by atoms with Crippen molar-refractivity contribution in [2.24, 2.45) is 5.92 Å². The molecule has 8 heteroatoms. The first kappa shape index (κ1) is 22.2. The van der Waals surface area contributed by atoms with Crippen LogP contribution in [0, 0.1) is 19.8 Å². The van der Waals surface area contributed by atoms with Gasteiger partial charge < -0.3 is 15.1 Å². The summed E-state index contributed by atoms with van der Waals surface area (Å²) in [5, 5.41) is 4.54. The number of carbonyl (C=O) groups excluding carboxylic acids is 2. The largest absolute Gasteiger partial charge is 0.347 e. The van der Waals surface area contributed by atoms with E-state index in [4.69, 9.17) is 0 Å². The fourth-order valence-corrected chi connectivity index (χ4v) is 5.37. The van der Waals surface area contributed by atoms with Gasteiger partial charge in [0.25, 0.3) is 0 Å². The molecule has 1 atom stereocenters. The van der Waals surface area contributed by atoms with Gasteiger partial charge in [-0.15, -0.1) is 11.3 Å². The highest BCUT2D eigenvalue weighted by molar-refractivity contribution is 7.19. The van der Waals surface area contributed by atoms with E-state index in [2.05, 4.69) is 47.3 Å². The summed E-state index contributed by atoms with van der Waals surface area (Å²) in [4.78, 5) is 39.2. The van der Waals surface area contributed by atoms with Gasteiger partial charge in [0, 0.05) is 37.6 Å². The van der Waals surface area contributed by atoms with Gasteiger partial charge in [-0.25, -0.2) is 9.97 Å². The van der Waals surface area contributed by atoms with Crippen molar-refractivity contribution in [1.29, 1.82) is 0 Å². The van der Waals surface area contributed by atoms with Crippen molar-refractivity contribution in [2.75, 3.05) is 33.0 Å².